The normalized spacial score (nSPS) is 16.9. The van der Waals surface area contributed by atoms with Crippen LogP contribution in [0.15, 0.2) is 22.7 Å². The molecule has 3 rings (SSSR count). The fourth-order valence-electron chi connectivity index (χ4n) is 2.56. The van der Waals surface area contributed by atoms with Crippen molar-refractivity contribution >= 4 is 11.6 Å². The maximum absolute atomic E-state index is 13.0. The Bertz CT molecular complexity index is 619. The summed E-state index contributed by atoms with van der Waals surface area (Å²) in [6.07, 6.45) is 4.08. The summed E-state index contributed by atoms with van der Waals surface area (Å²) in [4.78, 5) is 4.35. The Morgan fingerprint density at radius 2 is 2.20 bits per heavy atom. The molecule has 6 heteroatoms. The van der Waals surface area contributed by atoms with Gasteiger partial charge in [-0.05, 0) is 43.0 Å². The lowest BCUT2D eigenvalue weighted by Gasteiger charge is -2.39. The first-order valence-electron chi connectivity index (χ1n) is 6.60. The van der Waals surface area contributed by atoms with Gasteiger partial charge in [-0.25, -0.2) is 4.39 Å². The number of aromatic nitrogens is 2. The predicted molar refractivity (Wildman–Crippen MR) is 73.7 cm³/mol. The zero-order valence-corrected chi connectivity index (χ0v) is 11.7. The third-order valence-corrected chi connectivity index (χ3v) is 4.33. The molecule has 1 aromatic carbocycles. The highest BCUT2D eigenvalue weighted by atomic mass is 35.5. The quantitative estimate of drug-likeness (QED) is 0.940. The van der Waals surface area contributed by atoms with Gasteiger partial charge in [0.25, 0.3) is 0 Å². The largest absolute Gasteiger partial charge is 0.339 e. The molecule has 0 saturated heterocycles. The molecule has 0 aliphatic heterocycles. The number of halogens is 2. The molecule has 4 nitrogen and oxygen atoms in total. The lowest BCUT2D eigenvalue weighted by molar-refractivity contribution is 0.129. The van der Waals surface area contributed by atoms with E-state index in [1.807, 2.05) is 0 Å². The minimum Gasteiger partial charge on any atom is -0.339 e. The van der Waals surface area contributed by atoms with E-state index in [4.69, 9.17) is 21.9 Å². The van der Waals surface area contributed by atoms with Crippen LogP contribution in [0.1, 0.15) is 25.2 Å². The number of benzene rings is 1. The van der Waals surface area contributed by atoms with Crippen molar-refractivity contribution < 1.29 is 8.91 Å². The molecule has 1 heterocycles. The third kappa shape index (κ3) is 2.43. The molecule has 0 unspecified atom stereocenters. The standard InChI is InChI=1S/C14H15ClFN3O/c15-11-6-9(16)2-3-10(11)13-18-12(20-19-13)7-14(8-17)4-1-5-14/h2-3,6H,1,4-5,7-8,17H2. The van der Waals surface area contributed by atoms with Crippen LogP contribution in [0.5, 0.6) is 0 Å². The van der Waals surface area contributed by atoms with Gasteiger partial charge in [-0.3, -0.25) is 0 Å². The SMILES string of the molecule is NCC1(Cc2nc(-c3ccc(F)cc3Cl)no2)CCC1. The van der Waals surface area contributed by atoms with E-state index in [-0.39, 0.29) is 16.3 Å². The van der Waals surface area contributed by atoms with Crippen LogP contribution in [0.3, 0.4) is 0 Å². The van der Waals surface area contributed by atoms with Crippen LogP contribution < -0.4 is 5.73 Å². The summed E-state index contributed by atoms with van der Waals surface area (Å²) in [5.74, 6) is 0.557. The highest BCUT2D eigenvalue weighted by Crippen LogP contribution is 2.42. The highest BCUT2D eigenvalue weighted by Gasteiger charge is 2.37. The zero-order valence-electron chi connectivity index (χ0n) is 10.9. The van der Waals surface area contributed by atoms with E-state index in [2.05, 4.69) is 10.1 Å². The highest BCUT2D eigenvalue weighted by molar-refractivity contribution is 6.33. The zero-order chi connectivity index (χ0) is 14.2. The fourth-order valence-corrected chi connectivity index (χ4v) is 2.81. The van der Waals surface area contributed by atoms with Gasteiger partial charge in [0.15, 0.2) is 0 Å². The van der Waals surface area contributed by atoms with E-state index in [9.17, 15) is 4.39 Å². The van der Waals surface area contributed by atoms with E-state index in [0.717, 1.165) is 12.8 Å². The maximum atomic E-state index is 13.0. The van der Waals surface area contributed by atoms with Crippen molar-refractivity contribution in [1.29, 1.82) is 0 Å². The summed E-state index contributed by atoms with van der Waals surface area (Å²) in [6.45, 7) is 0.627. The Kier molecular flexibility index (Phi) is 3.48. The Balaban J connectivity index is 1.83. The van der Waals surface area contributed by atoms with Crippen LogP contribution in [-0.2, 0) is 6.42 Å². The number of nitrogens with zero attached hydrogens (tertiary/aromatic N) is 2. The van der Waals surface area contributed by atoms with Gasteiger partial charge in [0.05, 0.1) is 5.02 Å². The number of hydrogen-bond donors (Lipinski definition) is 1. The van der Waals surface area contributed by atoms with Crippen molar-refractivity contribution in [1.82, 2.24) is 10.1 Å². The molecular formula is C14H15ClFN3O. The lowest BCUT2D eigenvalue weighted by atomic mass is 9.67. The van der Waals surface area contributed by atoms with Crippen molar-refractivity contribution in [3.8, 4) is 11.4 Å². The molecule has 0 bridgehead atoms. The van der Waals surface area contributed by atoms with Crippen LogP contribution in [0.25, 0.3) is 11.4 Å². The van der Waals surface area contributed by atoms with Crippen LogP contribution in [0.4, 0.5) is 4.39 Å². The Morgan fingerprint density at radius 1 is 1.40 bits per heavy atom. The molecule has 2 N–H and O–H groups in total. The molecule has 0 amide bonds. The second kappa shape index (κ2) is 5.14. The van der Waals surface area contributed by atoms with Gasteiger partial charge in [0.1, 0.15) is 5.82 Å². The average Bonchev–Trinajstić information content (AvgIpc) is 2.82. The van der Waals surface area contributed by atoms with Gasteiger partial charge in [0.2, 0.25) is 11.7 Å². The first-order valence-corrected chi connectivity index (χ1v) is 6.98. The summed E-state index contributed by atoms with van der Waals surface area (Å²) in [5, 5.41) is 4.19. The predicted octanol–water partition coefficient (Wildman–Crippen LogP) is 3.20. The second-order valence-corrected chi connectivity index (χ2v) is 5.78. The van der Waals surface area contributed by atoms with E-state index in [1.165, 1.54) is 18.6 Å². The van der Waals surface area contributed by atoms with E-state index < -0.39 is 0 Å². The van der Waals surface area contributed by atoms with Gasteiger partial charge in [-0.2, -0.15) is 4.98 Å². The molecule has 0 atom stereocenters. The third-order valence-electron chi connectivity index (χ3n) is 4.01. The molecule has 1 fully saturated rings. The van der Waals surface area contributed by atoms with E-state index in [1.54, 1.807) is 6.07 Å². The molecule has 1 saturated carbocycles. The summed E-state index contributed by atoms with van der Waals surface area (Å²) in [7, 11) is 0. The lowest BCUT2D eigenvalue weighted by Crippen LogP contribution is -2.39. The monoisotopic (exact) mass is 295 g/mol. The molecule has 0 radical (unpaired) electrons. The summed E-state index contributed by atoms with van der Waals surface area (Å²) < 4.78 is 18.3. The van der Waals surface area contributed by atoms with Gasteiger partial charge < -0.3 is 10.3 Å². The van der Waals surface area contributed by atoms with Crippen molar-refractivity contribution in [3.05, 3.63) is 34.9 Å². The van der Waals surface area contributed by atoms with Gasteiger partial charge in [-0.1, -0.05) is 23.2 Å². The first-order chi connectivity index (χ1) is 9.62. The van der Waals surface area contributed by atoms with Crippen molar-refractivity contribution in [2.75, 3.05) is 6.54 Å². The second-order valence-electron chi connectivity index (χ2n) is 5.37. The smallest absolute Gasteiger partial charge is 0.227 e. The maximum Gasteiger partial charge on any atom is 0.227 e. The van der Waals surface area contributed by atoms with Gasteiger partial charge in [0, 0.05) is 12.0 Å². The summed E-state index contributed by atoms with van der Waals surface area (Å²) in [6, 6.07) is 4.11. The molecule has 2 aromatic rings. The number of nitrogens with two attached hydrogens (primary N) is 1. The summed E-state index contributed by atoms with van der Waals surface area (Å²) >= 11 is 5.99. The molecule has 0 spiro atoms. The minimum atomic E-state index is -0.390. The van der Waals surface area contributed by atoms with Gasteiger partial charge >= 0.3 is 0 Å². The topological polar surface area (TPSA) is 64.9 Å². The first kappa shape index (κ1) is 13.5. The molecule has 1 aromatic heterocycles. The van der Waals surface area contributed by atoms with Crippen LogP contribution in [0.2, 0.25) is 5.02 Å². The molecule has 1 aliphatic carbocycles. The Labute approximate surface area is 121 Å². The van der Waals surface area contributed by atoms with Gasteiger partial charge in [-0.15, -0.1) is 0 Å². The summed E-state index contributed by atoms with van der Waals surface area (Å²) in [5.41, 5.74) is 6.50. The van der Waals surface area contributed by atoms with Crippen molar-refractivity contribution in [3.63, 3.8) is 0 Å². The average molecular weight is 296 g/mol. The number of rotatable bonds is 4. The Hall–Kier alpha value is -1.46. The molecular weight excluding hydrogens is 281 g/mol. The van der Waals surface area contributed by atoms with E-state index >= 15 is 0 Å². The van der Waals surface area contributed by atoms with Crippen LogP contribution in [-0.4, -0.2) is 16.7 Å². The van der Waals surface area contributed by atoms with Crippen LogP contribution in [0, 0.1) is 11.2 Å². The van der Waals surface area contributed by atoms with Crippen molar-refractivity contribution in [2.45, 2.75) is 25.7 Å². The number of hydrogen-bond acceptors (Lipinski definition) is 4. The fraction of sp³-hybridized carbons (Fsp3) is 0.429. The van der Waals surface area contributed by atoms with Crippen LogP contribution >= 0.6 is 11.6 Å². The molecule has 1 aliphatic rings. The van der Waals surface area contributed by atoms with E-state index in [0.29, 0.717) is 30.2 Å². The van der Waals surface area contributed by atoms with Crippen molar-refractivity contribution in [2.24, 2.45) is 11.1 Å². The Morgan fingerprint density at radius 3 is 2.80 bits per heavy atom. The molecule has 106 valence electrons. The minimum absolute atomic E-state index is 0.108. The molecule has 20 heavy (non-hydrogen) atoms.